The van der Waals surface area contributed by atoms with E-state index in [-0.39, 0.29) is 11.9 Å². The molecule has 0 amide bonds. The molecule has 1 N–H and O–H groups in total. The summed E-state index contributed by atoms with van der Waals surface area (Å²) in [6, 6.07) is 13.6. The Morgan fingerprint density at radius 1 is 1.10 bits per heavy atom. The zero-order valence-corrected chi connectivity index (χ0v) is 13.5. The molecule has 1 aliphatic carbocycles. The van der Waals surface area contributed by atoms with Gasteiger partial charge < -0.3 is 5.32 Å². The molecule has 2 aliphatic rings. The van der Waals surface area contributed by atoms with Crippen LogP contribution in [0, 0.1) is 15.3 Å². The minimum absolute atomic E-state index is 0.0405. The molecule has 3 unspecified atom stereocenters. The third kappa shape index (κ3) is 2.18. The lowest BCUT2D eigenvalue weighted by Gasteiger charge is -2.37. The van der Waals surface area contributed by atoms with Crippen LogP contribution >= 0.6 is 22.6 Å². The van der Waals surface area contributed by atoms with Gasteiger partial charge in [0.15, 0.2) is 0 Å². The molecule has 106 valence electrons. The number of allylic oxidation sites excluding steroid dienone is 2. The molecule has 4 rings (SSSR count). The number of hydrogen-bond acceptors (Lipinski definition) is 1. The van der Waals surface area contributed by atoms with E-state index in [1.807, 2.05) is 12.1 Å². The summed E-state index contributed by atoms with van der Waals surface area (Å²) in [7, 11) is 0. The third-order valence-corrected chi connectivity index (χ3v) is 5.24. The number of hydrogen-bond donors (Lipinski definition) is 1. The second-order valence-corrected chi connectivity index (χ2v) is 6.97. The van der Waals surface area contributed by atoms with Crippen LogP contribution in [-0.4, -0.2) is 0 Å². The SMILES string of the molecule is Fc1ccccc1C1Nc2ccc(I)cc2C2C=CCC21. The van der Waals surface area contributed by atoms with Gasteiger partial charge in [-0.2, -0.15) is 0 Å². The molecular weight excluding hydrogens is 376 g/mol. The second-order valence-electron chi connectivity index (χ2n) is 5.73. The zero-order valence-electron chi connectivity index (χ0n) is 11.4. The van der Waals surface area contributed by atoms with Gasteiger partial charge in [0.25, 0.3) is 0 Å². The van der Waals surface area contributed by atoms with Crippen LogP contribution in [0.1, 0.15) is 29.5 Å². The van der Waals surface area contributed by atoms with Crippen molar-refractivity contribution in [2.24, 2.45) is 5.92 Å². The fourth-order valence-corrected chi connectivity index (χ4v) is 4.12. The summed E-state index contributed by atoms with van der Waals surface area (Å²) in [6.45, 7) is 0. The standard InChI is InChI=1S/C18H15FIN/c19-16-7-2-1-4-14(16)18-13-6-3-5-12(13)15-10-11(20)8-9-17(15)21-18/h1-5,7-10,12-13,18,21H,6H2. The molecule has 1 aliphatic heterocycles. The Morgan fingerprint density at radius 2 is 1.95 bits per heavy atom. The minimum Gasteiger partial charge on any atom is -0.378 e. The van der Waals surface area contributed by atoms with E-state index in [1.165, 1.54) is 9.13 Å². The van der Waals surface area contributed by atoms with E-state index in [1.54, 1.807) is 12.1 Å². The molecule has 0 saturated carbocycles. The van der Waals surface area contributed by atoms with Gasteiger partial charge >= 0.3 is 0 Å². The summed E-state index contributed by atoms with van der Waals surface area (Å²) in [5.41, 5.74) is 3.25. The van der Waals surface area contributed by atoms with Gasteiger partial charge in [-0.3, -0.25) is 0 Å². The van der Waals surface area contributed by atoms with Gasteiger partial charge in [-0.05, 0) is 64.8 Å². The van der Waals surface area contributed by atoms with E-state index >= 15 is 0 Å². The van der Waals surface area contributed by atoms with Gasteiger partial charge in [0.2, 0.25) is 0 Å². The van der Waals surface area contributed by atoms with Gasteiger partial charge in [0, 0.05) is 20.7 Å². The maximum atomic E-state index is 14.2. The first-order valence-electron chi connectivity index (χ1n) is 7.21. The highest BCUT2D eigenvalue weighted by Gasteiger charge is 2.38. The van der Waals surface area contributed by atoms with Crippen molar-refractivity contribution in [3.63, 3.8) is 0 Å². The Morgan fingerprint density at radius 3 is 2.81 bits per heavy atom. The molecule has 0 radical (unpaired) electrons. The van der Waals surface area contributed by atoms with Crippen molar-refractivity contribution >= 4 is 28.3 Å². The Labute approximate surface area is 137 Å². The molecule has 3 atom stereocenters. The van der Waals surface area contributed by atoms with Crippen LogP contribution in [0.3, 0.4) is 0 Å². The summed E-state index contributed by atoms with van der Waals surface area (Å²) >= 11 is 2.35. The highest BCUT2D eigenvalue weighted by Crippen LogP contribution is 2.50. The average molecular weight is 391 g/mol. The Kier molecular flexibility index (Phi) is 3.25. The summed E-state index contributed by atoms with van der Waals surface area (Å²) in [4.78, 5) is 0. The Bertz CT molecular complexity index is 725. The second kappa shape index (κ2) is 5.13. The lowest BCUT2D eigenvalue weighted by molar-refractivity contribution is 0.413. The van der Waals surface area contributed by atoms with Gasteiger partial charge in [0.05, 0.1) is 6.04 Å². The summed E-state index contributed by atoms with van der Waals surface area (Å²) in [5, 5.41) is 3.57. The van der Waals surface area contributed by atoms with Crippen LogP contribution in [0.4, 0.5) is 10.1 Å². The number of benzene rings is 2. The quantitative estimate of drug-likeness (QED) is 0.517. The molecular formula is C18H15FIN. The van der Waals surface area contributed by atoms with Crippen molar-refractivity contribution in [2.75, 3.05) is 5.32 Å². The predicted molar refractivity (Wildman–Crippen MR) is 91.9 cm³/mol. The van der Waals surface area contributed by atoms with Gasteiger partial charge in [-0.1, -0.05) is 30.4 Å². The van der Waals surface area contributed by atoms with Crippen LogP contribution in [-0.2, 0) is 0 Å². The number of rotatable bonds is 1. The maximum absolute atomic E-state index is 14.2. The summed E-state index contributed by atoms with van der Waals surface area (Å²) < 4.78 is 15.5. The van der Waals surface area contributed by atoms with Crippen molar-refractivity contribution in [1.29, 1.82) is 0 Å². The molecule has 0 fully saturated rings. The van der Waals surface area contributed by atoms with E-state index in [0.29, 0.717) is 11.8 Å². The Balaban J connectivity index is 1.82. The lowest BCUT2D eigenvalue weighted by Crippen LogP contribution is -2.29. The summed E-state index contributed by atoms with van der Waals surface area (Å²) in [6.07, 6.45) is 5.52. The molecule has 0 aromatic heterocycles. The molecule has 3 heteroatoms. The lowest BCUT2D eigenvalue weighted by atomic mass is 9.77. The monoisotopic (exact) mass is 391 g/mol. The largest absolute Gasteiger partial charge is 0.378 e. The zero-order chi connectivity index (χ0) is 14.4. The number of halogens is 2. The minimum atomic E-state index is -0.116. The number of nitrogens with one attached hydrogen (secondary N) is 1. The van der Waals surface area contributed by atoms with Crippen LogP contribution in [0.5, 0.6) is 0 Å². The topological polar surface area (TPSA) is 12.0 Å². The van der Waals surface area contributed by atoms with Gasteiger partial charge in [-0.15, -0.1) is 0 Å². The van der Waals surface area contributed by atoms with E-state index in [4.69, 9.17) is 0 Å². The van der Waals surface area contributed by atoms with Crippen molar-refractivity contribution in [1.82, 2.24) is 0 Å². The van der Waals surface area contributed by atoms with Crippen LogP contribution in [0.2, 0.25) is 0 Å². The molecule has 2 aromatic rings. The first-order valence-corrected chi connectivity index (χ1v) is 8.29. The molecule has 21 heavy (non-hydrogen) atoms. The molecule has 2 aromatic carbocycles. The highest BCUT2D eigenvalue weighted by atomic mass is 127. The van der Waals surface area contributed by atoms with Gasteiger partial charge in [-0.25, -0.2) is 4.39 Å². The van der Waals surface area contributed by atoms with Crippen molar-refractivity contribution < 1.29 is 4.39 Å². The smallest absolute Gasteiger partial charge is 0.128 e. The van der Waals surface area contributed by atoms with Crippen molar-refractivity contribution in [3.8, 4) is 0 Å². The van der Waals surface area contributed by atoms with Crippen molar-refractivity contribution in [3.05, 3.63) is 75.1 Å². The summed E-state index contributed by atoms with van der Waals surface area (Å²) in [5.74, 6) is 0.669. The van der Waals surface area contributed by atoms with Crippen LogP contribution < -0.4 is 5.32 Å². The molecule has 0 bridgehead atoms. The van der Waals surface area contributed by atoms with Crippen molar-refractivity contribution in [2.45, 2.75) is 18.4 Å². The maximum Gasteiger partial charge on any atom is 0.128 e. The fraction of sp³-hybridized carbons (Fsp3) is 0.222. The fourth-order valence-electron chi connectivity index (χ4n) is 3.60. The Hall–Kier alpha value is -1.36. The predicted octanol–water partition coefficient (Wildman–Crippen LogP) is 5.26. The third-order valence-electron chi connectivity index (χ3n) is 4.57. The van der Waals surface area contributed by atoms with Crippen LogP contribution in [0.25, 0.3) is 0 Å². The molecule has 1 nitrogen and oxygen atoms in total. The number of fused-ring (bicyclic) bond motifs is 3. The number of anilines is 1. The molecule has 1 heterocycles. The van der Waals surface area contributed by atoms with E-state index in [0.717, 1.165) is 17.7 Å². The van der Waals surface area contributed by atoms with E-state index < -0.39 is 0 Å². The van der Waals surface area contributed by atoms with Crippen LogP contribution in [0.15, 0.2) is 54.6 Å². The van der Waals surface area contributed by atoms with E-state index in [2.05, 4.69) is 58.3 Å². The first kappa shape index (κ1) is 13.3. The molecule has 0 saturated heterocycles. The highest BCUT2D eigenvalue weighted by molar-refractivity contribution is 14.1. The average Bonchev–Trinajstić information content (AvgIpc) is 2.97. The normalized spacial score (nSPS) is 26.1. The van der Waals surface area contributed by atoms with E-state index in [9.17, 15) is 4.39 Å². The molecule has 0 spiro atoms. The van der Waals surface area contributed by atoms with Gasteiger partial charge in [0.1, 0.15) is 5.82 Å². The first-order chi connectivity index (χ1) is 10.2.